The number of carboxylic acids is 1. The maximum Gasteiger partial charge on any atom is 0.355 e. The number of carbonyl (C=O) groups is 1. The smallest absolute Gasteiger partial charge is 0.355 e. The van der Waals surface area contributed by atoms with Crippen LogP contribution in [0.2, 0.25) is 0 Å². The van der Waals surface area contributed by atoms with Gasteiger partial charge in [-0.3, -0.25) is 4.90 Å². The molecule has 0 radical (unpaired) electrons. The molecule has 1 aliphatic rings. The van der Waals surface area contributed by atoms with E-state index < -0.39 is 5.97 Å². The van der Waals surface area contributed by atoms with Gasteiger partial charge in [-0.15, -0.1) is 11.3 Å². The lowest BCUT2D eigenvalue weighted by Crippen LogP contribution is -2.29. The Balaban J connectivity index is 1.70. The molecule has 5 heteroatoms. The van der Waals surface area contributed by atoms with Crippen LogP contribution < -0.4 is 0 Å². The zero-order chi connectivity index (χ0) is 13.2. The third-order valence-electron chi connectivity index (χ3n) is 3.34. The van der Waals surface area contributed by atoms with Gasteiger partial charge in [0.05, 0.1) is 6.54 Å². The van der Waals surface area contributed by atoms with Crippen molar-refractivity contribution in [2.45, 2.75) is 19.5 Å². The zero-order valence-corrected chi connectivity index (χ0v) is 11.2. The first-order chi connectivity index (χ1) is 9.22. The van der Waals surface area contributed by atoms with Crippen LogP contribution in [0.4, 0.5) is 0 Å². The largest absolute Gasteiger partial charge is 0.476 e. The monoisotopic (exact) mass is 274 g/mol. The number of carboxylic acid groups (broad SMARTS) is 1. The fraction of sp³-hybridized carbons (Fsp3) is 0.286. The predicted molar refractivity (Wildman–Crippen MR) is 73.3 cm³/mol. The van der Waals surface area contributed by atoms with Crippen LogP contribution in [0.3, 0.4) is 0 Å². The number of benzene rings is 1. The molecule has 0 atom stereocenters. The summed E-state index contributed by atoms with van der Waals surface area (Å²) in [5.41, 5.74) is 2.94. The first-order valence-electron chi connectivity index (χ1n) is 6.19. The van der Waals surface area contributed by atoms with Crippen LogP contribution in [0.1, 0.15) is 26.6 Å². The summed E-state index contributed by atoms with van der Waals surface area (Å²) in [5, 5.41) is 11.3. The second kappa shape index (κ2) is 5.11. The van der Waals surface area contributed by atoms with Gasteiger partial charge >= 0.3 is 5.97 Å². The maximum atomic E-state index is 10.8. The van der Waals surface area contributed by atoms with Crippen molar-refractivity contribution in [3.63, 3.8) is 0 Å². The molecule has 0 saturated heterocycles. The van der Waals surface area contributed by atoms with E-state index in [0.29, 0.717) is 0 Å². The molecule has 98 valence electrons. The van der Waals surface area contributed by atoms with Crippen molar-refractivity contribution in [2.75, 3.05) is 6.54 Å². The third-order valence-corrected chi connectivity index (χ3v) is 4.17. The summed E-state index contributed by atoms with van der Waals surface area (Å²) in [6, 6.07) is 8.48. The Bertz CT molecular complexity index is 609. The lowest BCUT2D eigenvalue weighted by Gasteiger charge is -2.27. The van der Waals surface area contributed by atoms with Gasteiger partial charge in [-0.05, 0) is 17.5 Å². The van der Waals surface area contributed by atoms with Crippen molar-refractivity contribution in [2.24, 2.45) is 0 Å². The highest BCUT2D eigenvalue weighted by atomic mass is 32.1. The van der Waals surface area contributed by atoms with Crippen molar-refractivity contribution < 1.29 is 9.90 Å². The summed E-state index contributed by atoms with van der Waals surface area (Å²) in [5.74, 6) is -0.952. The average Bonchev–Trinajstić information content (AvgIpc) is 2.87. The Morgan fingerprint density at radius 1 is 1.37 bits per heavy atom. The summed E-state index contributed by atoms with van der Waals surface area (Å²) in [6.07, 6.45) is 1.05. The standard InChI is InChI=1S/C14H14N2O2S/c17-14(18)12-9-19-13(15-12)8-16-6-5-10-3-1-2-4-11(10)7-16/h1-4,9H,5-8H2,(H,17,18). The van der Waals surface area contributed by atoms with Gasteiger partial charge in [0.1, 0.15) is 5.01 Å². The molecule has 2 heterocycles. The average molecular weight is 274 g/mol. The van der Waals surface area contributed by atoms with E-state index in [1.807, 2.05) is 0 Å². The van der Waals surface area contributed by atoms with E-state index in [2.05, 4.69) is 34.1 Å². The molecule has 0 unspecified atom stereocenters. The summed E-state index contributed by atoms with van der Waals surface area (Å²) in [6.45, 7) is 2.64. The highest BCUT2D eigenvalue weighted by Crippen LogP contribution is 2.21. The minimum Gasteiger partial charge on any atom is -0.476 e. The molecule has 3 rings (SSSR count). The number of fused-ring (bicyclic) bond motifs is 1. The molecular formula is C14H14N2O2S. The molecule has 1 aromatic carbocycles. The summed E-state index contributed by atoms with van der Waals surface area (Å²) in [7, 11) is 0. The first kappa shape index (κ1) is 12.3. The summed E-state index contributed by atoms with van der Waals surface area (Å²) >= 11 is 1.42. The van der Waals surface area contributed by atoms with Crippen molar-refractivity contribution in [1.82, 2.24) is 9.88 Å². The van der Waals surface area contributed by atoms with E-state index in [0.717, 1.165) is 31.1 Å². The molecule has 0 aliphatic carbocycles. The van der Waals surface area contributed by atoms with Gasteiger partial charge in [0.25, 0.3) is 0 Å². The minimum atomic E-state index is -0.952. The van der Waals surface area contributed by atoms with Crippen molar-refractivity contribution >= 4 is 17.3 Å². The van der Waals surface area contributed by atoms with Gasteiger partial charge in [-0.25, -0.2) is 9.78 Å². The summed E-state index contributed by atoms with van der Waals surface area (Å²) in [4.78, 5) is 17.3. The minimum absolute atomic E-state index is 0.150. The number of rotatable bonds is 3. The van der Waals surface area contributed by atoms with E-state index in [1.54, 1.807) is 5.38 Å². The van der Waals surface area contributed by atoms with Crippen LogP contribution in [-0.2, 0) is 19.5 Å². The molecule has 4 nitrogen and oxygen atoms in total. The molecular weight excluding hydrogens is 260 g/mol. The Kier molecular flexibility index (Phi) is 3.31. The molecule has 0 fully saturated rings. The number of nitrogens with zero attached hydrogens (tertiary/aromatic N) is 2. The predicted octanol–water partition coefficient (Wildman–Crippen LogP) is 2.40. The van der Waals surface area contributed by atoms with Gasteiger partial charge in [0.15, 0.2) is 5.69 Å². The molecule has 1 N–H and O–H groups in total. The SMILES string of the molecule is O=C(O)c1csc(CN2CCc3ccccc3C2)n1. The molecule has 0 spiro atoms. The van der Waals surface area contributed by atoms with Crippen LogP contribution in [0.25, 0.3) is 0 Å². The van der Waals surface area contributed by atoms with Gasteiger partial charge in [-0.2, -0.15) is 0 Å². The van der Waals surface area contributed by atoms with E-state index in [-0.39, 0.29) is 5.69 Å². The molecule has 19 heavy (non-hydrogen) atoms. The van der Waals surface area contributed by atoms with E-state index in [9.17, 15) is 4.79 Å². The number of thiazole rings is 1. The van der Waals surface area contributed by atoms with Crippen LogP contribution in [-0.4, -0.2) is 27.5 Å². The number of aromatic nitrogens is 1. The van der Waals surface area contributed by atoms with Gasteiger partial charge < -0.3 is 5.11 Å². The molecule has 1 aliphatic heterocycles. The normalized spacial score (nSPS) is 15.2. The van der Waals surface area contributed by atoms with Crippen molar-refractivity contribution in [3.05, 3.63) is 51.5 Å². The zero-order valence-electron chi connectivity index (χ0n) is 10.4. The van der Waals surface area contributed by atoms with Crippen LogP contribution >= 0.6 is 11.3 Å². The van der Waals surface area contributed by atoms with Crippen molar-refractivity contribution in [3.8, 4) is 0 Å². The Morgan fingerprint density at radius 3 is 2.89 bits per heavy atom. The number of hydrogen-bond donors (Lipinski definition) is 1. The highest BCUT2D eigenvalue weighted by Gasteiger charge is 2.17. The molecule has 2 aromatic rings. The third kappa shape index (κ3) is 2.67. The van der Waals surface area contributed by atoms with Gasteiger partial charge in [0, 0.05) is 18.5 Å². The Labute approximate surface area is 115 Å². The lowest BCUT2D eigenvalue weighted by molar-refractivity contribution is 0.0691. The van der Waals surface area contributed by atoms with Crippen LogP contribution in [0, 0.1) is 0 Å². The Morgan fingerprint density at radius 2 is 2.16 bits per heavy atom. The Hall–Kier alpha value is -1.72. The maximum absolute atomic E-state index is 10.8. The summed E-state index contributed by atoms with van der Waals surface area (Å²) < 4.78 is 0. The molecule has 0 bridgehead atoms. The van der Waals surface area contributed by atoms with Crippen LogP contribution in [0.5, 0.6) is 0 Å². The van der Waals surface area contributed by atoms with Gasteiger partial charge in [-0.1, -0.05) is 24.3 Å². The lowest BCUT2D eigenvalue weighted by atomic mass is 10.0. The van der Waals surface area contributed by atoms with Gasteiger partial charge in [0.2, 0.25) is 0 Å². The fourth-order valence-electron chi connectivity index (χ4n) is 2.36. The van der Waals surface area contributed by atoms with E-state index >= 15 is 0 Å². The molecule has 0 amide bonds. The first-order valence-corrected chi connectivity index (χ1v) is 7.07. The molecule has 0 saturated carbocycles. The van der Waals surface area contributed by atoms with Crippen LogP contribution in [0.15, 0.2) is 29.6 Å². The number of aromatic carboxylic acids is 1. The fourth-order valence-corrected chi connectivity index (χ4v) is 3.17. The van der Waals surface area contributed by atoms with E-state index in [4.69, 9.17) is 5.11 Å². The topological polar surface area (TPSA) is 53.4 Å². The second-order valence-electron chi connectivity index (χ2n) is 4.66. The molecule has 1 aromatic heterocycles. The second-order valence-corrected chi connectivity index (χ2v) is 5.60. The van der Waals surface area contributed by atoms with E-state index in [1.165, 1.54) is 22.5 Å². The number of hydrogen-bond acceptors (Lipinski definition) is 4. The quantitative estimate of drug-likeness (QED) is 0.933. The highest BCUT2D eigenvalue weighted by molar-refractivity contribution is 7.09. The van der Waals surface area contributed by atoms with Crippen molar-refractivity contribution in [1.29, 1.82) is 0 Å².